The van der Waals surface area contributed by atoms with Gasteiger partial charge in [-0.3, -0.25) is 0 Å². The molecule has 0 unspecified atom stereocenters. The van der Waals surface area contributed by atoms with E-state index in [1.807, 2.05) is 0 Å². The number of nitrogens with one attached hydrogen (secondary N) is 1. The summed E-state index contributed by atoms with van der Waals surface area (Å²) in [5.41, 5.74) is 2.54. The van der Waals surface area contributed by atoms with E-state index in [1.165, 1.54) is 24.7 Å². The molecule has 0 radical (unpaired) electrons. The van der Waals surface area contributed by atoms with Crippen LogP contribution in [0.5, 0.6) is 0 Å². The summed E-state index contributed by atoms with van der Waals surface area (Å²) in [5.74, 6) is 0.153. The normalized spacial score (nSPS) is 29.8. The number of rotatable bonds is 4. The SMILES string of the molecule is COC(=O)[C@H]1[C@@H](c2ccc(/C=[CH]\[Sn]([CH3])([CH3])[CH3])cc2)C[C@@H]2CC[C@H]1N2. The zero-order valence-electron chi connectivity index (χ0n) is 15.2. The molecule has 24 heavy (non-hydrogen) atoms. The van der Waals surface area contributed by atoms with E-state index in [0.717, 1.165) is 12.8 Å². The van der Waals surface area contributed by atoms with Gasteiger partial charge in [-0.1, -0.05) is 0 Å². The Bertz CT molecular complexity index is 618. The molecule has 0 saturated carbocycles. The summed E-state index contributed by atoms with van der Waals surface area (Å²) in [6.45, 7) is 0. The molecule has 0 spiro atoms. The number of carbonyl (C=O) groups is 1. The molecule has 3 rings (SSSR count). The monoisotopic (exact) mass is 435 g/mol. The molecule has 2 saturated heterocycles. The summed E-state index contributed by atoms with van der Waals surface area (Å²) >= 11 is -1.87. The predicted molar refractivity (Wildman–Crippen MR) is 102 cm³/mol. The van der Waals surface area contributed by atoms with Crippen LogP contribution in [0.3, 0.4) is 0 Å². The van der Waals surface area contributed by atoms with Crippen LogP contribution >= 0.6 is 0 Å². The van der Waals surface area contributed by atoms with Crippen molar-refractivity contribution in [1.82, 2.24) is 5.32 Å². The molecule has 0 aliphatic carbocycles. The van der Waals surface area contributed by atoms with E-state index in [9.17, 15) is 4.79 Å². The van der Waals surface area contributed by atoms with Crippen molar-refractivity contribution in [2.45, 2.75) is 52.1 Å². The number of hydrogen-bond donors (Lipinski definition) is 1. The van der Waals surface area contributed by atoms with Crippen molar-refractivity contribution in [1.29, 1.82) is 0 Å². The molecule has 2 aliphatic heterocycles. The molecule has 0 aromatic heterocycles. The van der Waals surface area contributed by atoms with Crippen molar-refractivity contribution < 1.29 is 9.53 Å². The van der Waals surface area contributed by atoms with Crippen LogP contribution in [0.15, 0.2) is 28.4 Å². The zero-order valence-corrected chi connectivity index (χ0v) is 18.1. The van der Waals surface area contributed by atoms with Crippen molar-refractivity contribution in [3.8, 4) is 0 Å². The predicted octanol–water partition coefficient (Wildman–Crippen LogP) is 3.97. The molecule has 4 atom stereocenters. The Morgan fingerprint density at radius 2 is 1.92 bits per heavy atom. The van der Waals surface area contributed by atoms with Gasteiger partial charge in [0, 0.05) is 0 Å². The van der Waals surface area contributed by atoms with E-state index in [1.54, 1.807) is 0 Å². The van der Waals surface area contributed by atoms with Gasteiger partial charge in [0.05, 0.1) is 0 Å². The molecule has 2 fully saturated rings. The first-order valence-corrected chi connectivity index (χ1v) is 19.2. The Labute approximate surface area is 149 Å². The topological polar surface area (TPSA) is 38.3 Å². The van der Waals surface area contributed by atoms with Crippen molar-refractivity contribution >= 4 is 30.4 Å². The summed E-state index contributed by atoms with van der Waals surface area (Å²) in [5, 5.41) is 3.60. The first-order chi connectivity index (χ1) is 11.4. The van der Waals surface area contributed by atoms with E-state index in [4.69, 9.17) is 4.74 Å². The van der Waals surface area contributed by atoms with Gasteiger partial charge in [0.1, 0.15) is 0 Å². The van der Waals surface area contributed by atoms with Gasteiger partial charge in [-0.05, 0) is 0 Å². The molecular formula is C20H29NO2Sn. The van der Waals surface area contributed by atoms with Crippen LogP contribution in [-0.4, -0.2) is 43.5 Å². The number of benzene rings is 1. The Morgan fingerprint density at radius 1 is 1.21 bits per heavy atom. The fourth-order valence-electron chi connectivity index (χ4n) is 4.06. The van der Waals surface area contributed by atoms with Crippen molar-refractivity contribution in [3.63, 3.8) is 0 Å². The quantitative estimate of drug-likeness (QED) is 0.576. The molecule has 1 aromatic rings. The summed E-state index contributed by atoms with van der Waals surface area (Å²) in [7, 11) is 1.51. The maximum atomic E-state index is 12.4. The van der Waals surface area contributed by atoms with Gasteiger partial charge in [-0.25, -0.2) is 0 Å². The maximum absolute atomic E-state index is 12.4. The molecule has 2 heterocycles. The van der Waals surface area contributed by atoms with Gasteiger partial charge in [0.25, 0.3) is 0 Å². The molecule has 3 nitrogen and oxygen atoms in total. The molecule has 0 amide bonds. The second-order valence-corrected chi connectivity index (χ2v) is 22.8. The Balaban J connectivity index is 1.81. The molecule has 130 valence electrons. The number of ether oxygens (including phenoxy) is 1. The molecule has 1 aromatic carbocycles. The zero-order chi connectivity index (χ0) is 17.3. The molecule has 4 heteroatoms. The molecular weight excluding hydrogens is 405 g/mol. The molecule has 1 N–H and O–H groups in total. The molecule has 2 bridgehead atoms. The van der Waals surface area contributed by atoms with Crippen LogP contribution in [0.1, 0.15) is 36.3 Å². The summed E-state index contributed by atoms with van der Waals surface area (Å²) < 4.78 is 7.54. The number of methoxy groups -OCH3 is 1. The third kappa shape index (κ3) is 4.05. The van der Waals surface area contributed by atoms with Crippen molar-refractivity contribution in [3.05, 3.63) is 39.5 Å². The van der Waals surface area contributed by atoms with Gasteiger partial charge >= 0.3 is 150 Å². The number of fused-ring (bicyclic) bond motifs is 2. The van der Waals surface area contributed by atoms with Crippen LogP contribution in [0.2, 0.25) is 14.8 Å². The molecule has 2 aliphatic rings. The van der Waals surface area contributed by atoms with Crippen LogP contribution < -0.4 is 5.32 Å². The average Bonchev–Trinajstić information content (AvgIpc) is 2.93. The third-order valence-electron chi connectivity index (χ3n) is 5.30. The minimum absolute atomic E-state index is 0.0547. The fraction of sp³-hybridized carbons (Fsp3) is 0.550. The number of hydrogen-bond acceptors (Lipinski definition) is 3. The van der Waals surface area contributed by atoms with Gasteiger partial charge in [0.15, 0.2) is 0 Å². The second-order valence-electron chi connectivity index (χ2n) is 8.30. The van der Waals surface area contributed by atoms with Crippen LogP contribution in [0.4, 0.5) is 0 Å². The van der Waals surface area contributed by atoms with Gasteiger partial charge in [-0.2, -0.15) is 0 Å². The van der Waals surface area contributed by atoms with Crippen molar-refractivity contribution in [2.75, 3.05) is 7.11 Å². The van der Waals surface area contributed by atoms with E-state index in [0.29, 0.717) is 6.04 Å². The first-order valence-electron chi connectivity index (χ1n) is 9.00. The Hall–Kier alpha value is -0.811. The second kappa shape index (κ2) is 7.20. The van der Waals surface area contributed by atoms with Crippen LogP contribution in [0, 0.1) is 5.92 Å². The number of piperidine rings is 1. The number of carbonyl (C=O) groups excluding carboxylic acids is 1. The van der Waals surface area contributed by atoms with E-state index in [-0.39, 0.29) is 23.8 Å². The van der Waals surface area contributed by atoms with Gasteiger partial charge < -0.3 is 0 Å². The number of esters is 1. The minimum atomic E-state index is -1.87. The van der Waals surface area contributed by atoms with Gasteiger partial charge in [-0.15, -0.1) is 0 Å². The standard InChI is InChI=1S/C17H20NO2.3CH3.Sn/c1-3-11-4-6-12(7-5-11)14-10-13-8-9-15(18-13)16(14)17(19)20-2;;;;/h1,3-7,13-16,18H,8-10H2,2H3;3*1H3;/t13-,14+,15+,16-;;;;/m0..../s1. The van der Waals surface area contributed by atoms with Crippen LogP contribution in [0.25, 0.3) is 6.08 Å². The first kappa shape index (κ1) is 18.0. The summed E-state index contributed by atoms with van der Waals surface area (Å²) in [6, 6.07) is 9.64. The van der Waals surface area contributed by atoms with Crippen molar-refractivity contribution in [2.24, 2.45) is 5.92 Å². The van der Waals surface area contributed by atoms with E-state index >= 15 is 0 Å². The third-order valence-corrected chi connectivity index (χ3v) is 8.62. The fourth-order valence-corrected chi connectivity index (χ4v) is 6.04. The van der Waals surface area contributed by atoms with Crippen LogP contribution in [-0.2, 0) is 9.53 Å². The summed E-state index contributed by atoms with van der Waals surface area (Å²) in [4.78, 5) is 19.6. The average molecular weight is 434 g/mol. The van der Waals surface area contributed by atoms with Gasteiger partial charge in [0.2, 0.25) is 0 Å². The Morgan fingerprint density at radius 3 is 2.54 bits per heavy atom. The van der Waals surface area contributed by atoms with E-state index in [2.05, 4.69) is 54.6 Å². The summed E-state index contributed by atoms with van der Waals surface area (Å²) in [6.07, 6.45) is 5.56. The van der Waals surface area contributed by atoms with E-state index < -0.39 is 18.4 Å². The Kier molecular flexibility index (Phi) is 5.40.